The van der Waals surface area contributed by atoms with Gasteiger partial charge in [-0.15, -0.1) is 0 Å². The lowest BCUT2D eigenvalue weighted by molar-refractivity contribution is -0.116. The van der Waals surface area contributed by atoms with Crippen LogP contribution in [0, 0.1) is 0 Å². The first-order valence-electron chi connectivity index (χ1n) is 8.91. The summed E-state index contributed by atoms with van der Waals surface area (Å²) in [5.74, 6) is 0.435. The van der Waals surface area contributed by atoms with Gasteiger partial charge in [-0.1, -0.05) is 18.2 Å². The van der Waals surface area contributed by atoms with Crippen LogP contribution in [-0.2, 0) is 21.4 Å². The van der Waals surface area contributed by atoms with E-state index in [1.54, 1.807) is 41.3 Å². The molecule has 1 amide bonds. The lowest BCUT2D eigenvalue weighted by atomic mass is 10.2. The van der Waals surface area contributed by atoms with Gasteiger partial charge in [-0.05, 0) is 24.3 Å². The van der Waals surface area contributed by atoms with Crippen molar-refractivity contribution in [3.63, 3.8) is 0 Å². The van der Waals surface area contributed by atoms with Gasteiger partial charge < -0.3 is 5.32 Å². The number of nitrogens with one attached hydrogen (secondary N) is 2. The average molecular weight is 410 g/mol. The summed E-state index contributed by atoms with van der Waals surface area (Å²) in [6.45, 7) is 0.649. The molecule has 1 aliphatic rings. The zero-order chi connectivity index (χ0) is 20.3. The summed E-state index contributed by atoms with van der Waals surface area (Å²) < 4.78 is 28.2. The van der Waals surface area contributed by atoms with Crippen molar-refractivity contribution in [2.24, 2.45) is 4.99 Å². The van der Waals surface area contributed by atoms with Crippen molar-refractivity contribution in [1.82, 2.24) is 19.5 Å². The molecule has 0 spiro atoms. The zero-order valence-corrected chi connectivity index (χ0v) is 16.1. The van der Waals surface area contributed by atoms with Crippen molar-refractivity contribution in [2.45, 2.75) is 17.9 Å². The molecule has 0 radical (unpaired) electrons. The van der Waals surface area contributed by atoms with Gasteiger partial charge in [-0.25, -0.2) is 8.42 Å². The molecule has 148 valence electrons. The number of benzene rings is 1. The lowest BCUT2D eigenvalue weighted by Crippen LogP contribution is -2.23. The number of sulfonamides is 1. The number of amides is 1. The quantitative estimate of drug-likeness (QED) is 0.637. The fourth-order valence-corrected chi connectivity index (χ4v) is 4.15. The van der Waals surface area contributed by atoms with E-state index < -0.39 is 10.0 Å². The van der Waals surface area contributed by atoms with E-state index >= 15 is 0 Å². The first kappa shape index (κ1) is 18.8. The number of fused-ring (bicyclic) bond motifs is 1. The minimum Gasteiger partial charge on any atom is -0.309 e. The van der Waals surface area contributed by atoms with Crippen LogP contribution in [0.3, 0.4) is 0 Å². The molecule has 0 saturated heterocycles. The number of aliphatic imine (C=N–C) groups is 1. The third-order valence-electron chi connectivity index (χ3n) is 4.23. The third kappa shape index (κ3) is 4.32. The lowest BCUT2D eigenvalue weighted by Gasteiger charge is -2.02. The van der Waals surface area contributed by atoms with Crippen molar-refractivity contribution in [2.75, 3.05) is 11.9 Å². The molecule has 4 rings (SSSR count). The summed E-state index contributed by atoms with van der Waals surface area (Å²) >= 11 is 0. The molecule has 29 heavy (non-hydrogen) atoms. The number of anilines is 1. The minimum absolute atomic E-state index is 0.0977. The SMILES string of the molecule is O=C(CCN=C1NS(=O)(=O)c2ccccc21)Nc1ccn(Cc2ccccn2)n1. The highest BCUT2D eigenvalue weighted by Crippen LogP contribution is 2.22. The van der Waals surface area contributed by atoms with Crippen LogP contribution in [0.4, 0.5) is 5.82 Å². The van der Waals surface area contributed by atoms with E-state index in [9.17, 15) is 13.2 Å². The zero-order valence-electron chi connectivity index (χ0n) is 15.3. The monoisotopic (exact) mass is 410 g/mol. The highest BCUT2D eigenvalue weighted by Gasteiger charge is 2.29. The molecule has 1 aliphatic heterocycles. The number of carbonyl (C=O) groups excluding carboxylic acids is 1. The largest absolute Gasteiger partial charge is 0.309 e. The Kier molecular flexibility index (Phi) is 5.09. The highest BCUT2D eigenvalue weighted by molar-refractivity contribution is 7.90. The van der Waals surface area contributed by atoms with E-state index in [1.807, 2.05) is 18.2 Å². The van der Waals surface area contributed by atoms with Crippen molar-refractivity contribution >= 4 is 27.6 Å². The average Bonchev–Trinajstić information content (AvgIpc) is 3.24. The molecule has 0 bridgehead atoms. The third-order valence-corrected chi connectivity index (χ3v) is 5.63. The second-order valence-electron chi connectivity index (χ2n) is 6.35. The summed E-state index contributed by atoms with van der Waals surface area (Å²) in [5, 5.41) is 7.01. The standard InChI is InChI=1S/C19H18N6O3S/c26-18(22-17-9-12-25(23-17)13-14-5-3-4-10-20-14)8-11-21-19-15-6-1-2-7-16(15)29(27,28)24-19/h1-7,9-10,12H,8,11,13H2,(H,21,24)(H,22,23,26). The van der Waals surface area contributed by atoms with E-state index in [4.69, 9.17) is 0 Å². The van der Waals surface area contributed by atoms with Crippen LogP contribution in [0.15, 0.2) is 70.8 Å². The van der Waals surface area contributed by atoms with Gasteiger partial charge in [0.05, 0.1) is 23.7 Å². The smallest absolute Gasteiger partial charge is 0.263 e. The maximum Gasteiger partial charge on any atom is 0.263 e. The Morgan fingerprint density at radius 3 is 2.79 bits per heavy atom. The van der Waals surface area contributed by atoms with E-state index in [-0.39, 0.29) is 29.6 Å². The minimum atomic E-state index is -3.58. The van der Waals surface area contributed by atoms with Crippen LogP contribution < -0.4 is 10.0 Å². The summed E-state index contributed by atoms with van der Waals surface area (Å²) in [6.07, 6.45) is 3.57. The van der Waals surface area contributed by atoms with E-state index in [0.717, 1.165) is 5.69 Å². The van der Waals surface area contributed by atoms with Gasteiger partial charge in [0.2, 0.25) is 5.91 Å². The number of rotatable bonds is 6. The predicted octanol–water partition coefficient (Wildman–Crippen LogP) is 1.39. The van der Waals surface area contributed by atoms with E-state index in [0.29, 0.717) is 17.9 Å². The fraction of sp³-hybridized carbons (Fsp3) is 0.158. The number of nitrogens with zero attached hydrogens (tertiary/aromatic N) is 4. The topological polar surface area (TPSA) is 118 Å². The molecule has 0 fully saturated rings. The van der Waals surface area contributed by atoms with Crippen LogP contribution >= 0.6 is 0 Å². The van der Waals surface area contributed by atoms with Gasteiger partial charge in [0.15, 0.2) is 5.82 Å². The summed E-state index contributed by atoms with van der Waals surface area (Å²) in [6, 6.07) is 13.9. The molecule has 3 heterocycles. The van der Waals surface area contributed by atoms with Crippen LogP contribution in [0.2, 0.25) is 0 Å². The Bertz CT molecular complexity index is 1170. The molecule has 0 unspecified atom stereocenters. The van der Waals surface area contributed by atoms with Gasteiger partial charge in [0.25, 0.3) is 10.0 Å². The van der Waals surface area contributed by atoms with Gasteiger partial charge in [-0.2, -0.15) is 5.10 Å². The second-order valence-corrected chi connectivity index (χ2v) is 8.00. The second kappa shape index (κ2) is 7.84. The molecular weight excluding hydrogens is 392 g/mol. The Morgan fingerprint density at radius 2 is 1.97 bits per heavy atom. The van der Waals surface area contributed by atoms with E-state index in [1.165, 1.54) is 6.07 Å². The van der Waals surface area contributed by atoms with Gasteiger partial charge in [0, 0.05) is 30.4 Å². The maximum absolute atomic E-state index is 12.1. The molecule has 9 nitrogen and oxygen atoms in total. The Labute approximate surface area is 167 Å². The van der Waals surface area contributed by atoms with Gasteiger partial charge in [-0.3, -0.25) is 24.2 Å². The van der Waals surface area contributed by atoms with Gasteiger partial charge in [0.1, 0.15) is 5.84 Å². The molecule has 0 aliphatic carbocycles. The molecule has 0 saturated carbocycles. The molecule has 1 aromatic carbocycles. The molecule has 0 atom stereocenters. The van der Waals surface area contributed by atoms with Crippen LogP contribution in [0.1, 0.15) is 17.7 Å². The van der Waals surface area contributed by atoms with Crippen molar-refractivity contribution < 1.29 is 13.2 Å². The number of pyridine rings is 1. The first-order chi connectivity index (χ1) is 14.0. The molecule has 3 aromatic rings. The molecule has 10 heteroatoms. The van der Waals surface area contributed by atoms with Crippen molar-refractivity contribution in [1.29, 1.82) is 0 Å². The Morgan fingerprint density at radius 1 is 1.14 bits per heavy atom. The number of aromatic nitrogens is 3. The Balaban J connectivity index is 1.33. The van der Waals surface area contributed by atoms with Crippen molar-refractivity contribution in [3.05, 3.63) is 72.2 Å². The number of hydrogen-bond donors (Lipinski definition) is 2. The van der Waals surface area contributed by atoms with E-state index in [2.05, 4.69) is 25.1 Å². The first-order valence-corrected chi connectivity index (χ1v) is 10.4. The predicted molar refractivity (Wildman–Crippen MR) is 107 cm³/mol. The number of hydrogen-bond acceptors (Lipinski definition) is 6. The Hall–Kier alpha value is -3.53. The summed E-state index contributed by atoms with van der Waals surface area (Å²) in [4.78, 5) is 20.8. The summed E-state index contributed by atoms with van der Waals surface area (Å²) in [7, 11) is -3.58. The normalized spacial score (nSPS) is 15.7. The van der Waals surface area contributed by atoms with Crippen LogP contribution in [-0.4, -0.2) is 41.5 Å². The number of carbonyl (C=O) groups is 1. The van der Waals surface area contributed by atoms with Crippen molar-refractivity contribution in [3.8, 4) is 0 Å². The van der Waals surface area contributed by atoms with Crippen LogP contribution in [0.25, 0.3) is 0 Å². The highest BCUT2D eigenvalue weighted by atomic mass is 32.2. The molecule has 2 N–H and O–H groups in total. The fourth-order valence-electron chi connectivity index (χ4n) is 2.90. The van der Waals surface area contributed by atoms with Gasteiger partial charge >= 0.3 is 0 Å². The number of amidine groups is 1. The molecule has 2 aromatic heterocycles. The summed E-state index contributed by atoms with van der Waals surface area (Å²) in [5.41, 5.74) is 1.38. The van der Waals surface area contributed by atoms with Crippen LogP contribution in [0.5, 0.6) is 0 Å². The maximum atomic E-state index is 12.1. The molecular formula is C19H18N6O3S.